The van der Waals surface area contributed by atoms with Gasteiger partial charge in [-0.2, -0.15) is 0 Å². The van der Waals surface area contributed by atoms with Crippen molar-refractivity contribution in [3.63, 3.8) is 0 Å². The second-order valence-electron chi connectivity index (χ2n) is 5.15. The first-order chi connectivity index (χ1) is 10.0. The maximum atomic E-state index is 12.2. The van der Waals surface area contributed by atoms with Crippen molar-refractivity contribution in [3.8, 4) is 0 Å². The third-order valence-electron chi connectivity index (χ3n) is 3.93. The average Bonchev–Trinajstić information content (AvgIpc) is 3.02. The molecule has 1 aromatic rings. The molecule has 0 amide bonds. The Balaban J connectivity index is 2.22. The Morgan fingerprint density at radius 1 is 1.24 bits per heavy atom. The van der Waals surface area contributed by atoms with Crippen molar-refractivity contribution in [1.29, 1.82) is 0 Å². The van der Waals surface area contributed by atoms with Crippen LogP contribution >= 0.6 is 7.51 Å². The number of rotatable bonds is 3. The Morgan fingerprint density at radius 3 is 2.38 bits per heavy atom. The standard InChI is InChI=1S/C15H19O5P/c1-11(16)14-12(2)20-21(17-3,18-9-10-19-21)15(14)13-7-5-4-6-8-13/h4-8,15H,9-10H2,1-3H3. The molecular weight excluding hydrogens is 291 g/mol. The summed E-state index contributed by atoms with van der Waals surface area (Å²) >= 11 is 0. The Bertz CT molecular complexity index is 604. The Hall–Kier alpha value is -1.26. The number of hydrogen-bond donors (Lipinski definition) is 0. The zero-order chi connectivity index (χ0) is 15.1. The molecule has 1 saturated heterocycles. The van der Waals surface area contributed by atoms with Gasteiger partial charge in [0.25, 0.3) is 0 Å². The summed E-state index contributed by atoms with van der Waals surface area (Å²) in [7, 11) is -2.31. The SMILES string of the molecule is COP12(OCCO1)OC(C)=C(C(C)=O)C2c1ccccc1. The minimum absolute atomic E-state index is 0.0565. The van der Waals surface area contributed by atoms with Crippen molar-refractivity contribution in [2.75, 3.05) is 20.3 Å². The molecule has 2 heterocycles. The van der Waals surface area contributed by atoms with Crippen molar-refractivity contribution >= 4 is 13.3 Å². The fraction of sp³-hybridized carbons (Fsp3) is 0.400. The molecule has 6 heteroatoms. The molecule has 0 aliphatic carbocycles. The van der Waals surface area contributed by atoms with Gasteiger partial charge in [-0.3, -0.25) is 0 Å². The van der Waals surface area contributed by atoms with Crippen LogP contribution in [0, 0.1) is 0 Å². The molecule has 0 aromatic heterocycles. The molecule has 1 atom stereocenters. The van der Waals surface area contributed by atoms with Gasteiger partial charge in [0, 0.05) is 0 Å². The summed E-state index contributed by atoms with van der Waals surface area (Å²) in [4.78, 5) is 12.2. The van der Waals surface area contributed by atoms with E-state index >= 15 is 0 Å². The van der Waals surface area contributed by atoms with Crippen LogP contribution in [-0.4, -0.2) is 26.1 Å². The maximum absolute atomic E-state index is 12.2. The topological polar surface area (TPSA) is 54.0 Å². The molecule has 0 radical (unpaired) electrons. The normalized spacial score (nSPS) is 28.1. The van der Waals surface area contributed by atoms with Gasteiger partial charge in [0.15, 0.2) is 0 Å². The van der Waals surface area contributed by atoms with Crippen LogP contribution in [0.1, 0.15) is 25.1 Å². The van der Waals surface area contributed by atoms with Gasteiger partial charge in [-0.05, 0) is 0 Å². The van der Waals surface area contributed by atoms with Crippen LogP contribution in [0.5, 0.6) is 0 Å². The van der Waals surface area contributed by atoms with E-state index in [9.17, 15) is 4.79 Å². The van der Waals surface area contributed by atoms with E-state index in [0.717, 1.165) is 5.56 Å². The number of hydrogen-bond acceptors (Lipinski definition) is 5. The molecule has 2 aliphatic rings. The van der Waals surface area contributed by atoms with Crippen molar-refractivity contribution in [3.05, 3.63) is 47.2 Å². The van der Waals surface area contributed by atoms with Crippen molar-refractivity contribution < 1.29 is 22.9 Å². The predicted molar refractivity (Wildman–Crippen MR) is 79.5 cm³/mol. The monoisotopic (exact) mass is 310 g/mol. The van der Waals surface area contributed by atoms with Crippen LogP contribution in [0.4, 0.5) is 0 Å². The molecule has 0 saturated carbocycles. The van der Waals surface area contributed by atoms with Gasteiger partial charge in [0.1, 0.15) is 0 Å². The Labute approximate surface area is 124 Å². The quantitative estimate of drug-likeness (QED) is 0.799. The van der Waals surface area contributed by atoms with Gasteiger partial charge in [-0.25, -0.2) is 0 Å². The summed E-state index contributed by atoms with van der Waals surface area (Å²) < 4.78 is 23.6. The molecule has 1 aromatic carbocycles. The molecule has 3 rings (SSSR count). The second kappa shape index (κ2) is 4.89. The summed E-state index contributed by atoms with van der Waals surface area (Å²) in [5.41, 5.74) is 1.02. The van der Waals surface area contributed by atoms with Gasteiger partial charge in [0.05, 0.1) is 0 Å². The van der Waals surface area contributed by atoms with E-state index in [0.29, 0.717) is 24.5 Å². The molecule has 0 N–H and O–H groups in total. The van der Waals surface area contributed by atoms with E-state index in [-0.39, 0.29) is 5.78 Å². The summed E-state index contributed by atoms with van der Waals surface area (Å²) in [5.74, 6) is 0.469. The van der Waals surface area contributed by atoms with E-state index < -0.39 is 13.2 Å². The summed E-state index contributed by atoms with van der Waals surface area (Å²) in [6.07, 6.45) is 0. The van der Waals surface area contributed by atoms with Crippen LogP contribution < -0.4 is 0 Å². The van der Waals surface area contributed by atoms with E-state index in [2.05, 4.69) is 0 Å². The fourth-order valence-electron chi connectivity index (χ4n) is 3.13. The van der Waals surface area contributed by atoms with Crippen molar-refractivity contribution in [1.82, 2.24) is 0 Å². The van der Waals surface area contributed by atoms with Crippen LogP contribution in [0.2, 0.25) is 0 Å². The first-order valence-electron chi connectivity index (χ1n) is 6.87. The third kappa shape index (κ3) is 1.96. The van der Waals surface area contributed by atoms with Gasteiger partial charge in [0.2, 0.25) is 0 Å². The average molecular weight is 310 g/mol. The molecule has 1 spiro atoms. The van der Waals surface area contributed by atoms with Crippen LogP contribution in [0.3, 0.4) is 0 Å². The number of allylic oxidation sites excluding steroid dienone is 2. The number of carbonyl (C=O) groups is 1. The Morgan fingerprint density at radius 2 is 1.86 bits per heavy atom. The molecular formula is C15H19O5P. The van der Waals surface area contributed by atoms with Crippen molar-refractivity contribution in [2.45, 2.75) is 19.5 Å². The molecule has 114 valence electrons. The summed E-state index contributed by atoms with van der Waals surface area (Å²) in [6.45, 7) is 4.08. The third-order valence-corrected chi connectivity index (χ3v) is 7.89. The predicted octanol–water partition coefficient (Wildman–Crippen LogP) is 3.53. The van der Waals surface area contributed by atoms with Crippen LogP contribution in [0.15, 0.2) is 41.7 Å². The molecule has 0 bridgehead atoms. The zero-order valence-electron chi connectivity index (χ0n) is 12.4. The first-order valence-corrected chi connectivity index (χ1v) is 8.85. The minimum atomic E-state index is -3.84. The summed E-state index contributed by atoms with van der Waals surface area (Å²) in [5, 5.41) is 0. The van der Waals surface area contributed by atoms with E-state index in [4.69, 9.17) is 18.1 Å². The second-order valence-corrected chi connectivity index (χ2v) is 8.47. The van der Waals surface area contributed by atoms with E-state index in [1.807, 2.05) is 30.3 Å². The van der Waals surface area contributed by atoms with Gasteiger partial charge >= 0.3 is 123 Å². The molecule has 1 unspecified atom stereocenters. The Kier molecular flexibility index (Phi) is 3.41. The number of ketones is 1. The van der Waals surface area contributed by atoms with Crippen LogP contribution in [-0.2, 0) is 22.9 Å². The van der Waals surface area contributed by atoms with E-state index in [1.165, 1.54) is 14.0 Å². The van der Waals surface area contributed by atoms with E-state index in [1.54, 1.807) is 6.92 Å². The molecule has 21 heavy (non-hydrogen) atoms. The number of benzene rings is 1. The van der Waals surface area contributed by atoms with Crippen molar-refractivity contribution in [2.24, 2.45) is 0 Å². The molecule has 2 aliphatic heterocycles. The van der Waals surface area contributed by atoms with Crippen LogP contribution in [0.25, 0.3) is 0 Å². The summed E-state index contributed by atoms with van der Waals surface area (Å²) in [6, 6.07) is 9.63. The first kappa shape index (κ1) is 14.7. The number of carbonyl (C=O) groups excluding carboxylic acids is 1. The van der Waals surface area contributed by atoms with Gasteiger partial charge in [-0.1, -0.05) is 0 Å². The fourth-order valence-corrected chi connectivity index (χ4v) is 7.05. The molecule has 1 fully saturated rings. The number of Topliss-reactive ketones (excluding diaryl/α,β-unsaturated/α-hetero) is 1. The zero-order valence-corrected chi connectivity index (χ0v) is 13.3. The van der Waals surface area contributed by atoms with Gasteiger partial charge in [-0.15, -0.1) is 0 Å². The van der Waals surface area contributed by atoms with Gasteiger partial charge < -0.3 is 0 Å². The molecule has 5 nitrogen and oxygen atoms in total.